The van der Waals surface area contributed by atoms with Gasteiger partial charge in [-0.25, -0.2) is 0 Å². The molecule has 0 aliphatic rings. The summed E-state index contributed by atoms with van der Waals surface area (Å²) in [6.45, 7) is 4.00. The summed E-state index contributed by atoms with van der Waals surface area (Å²) in [6.07, 6.45) is 0.730. The second-order valence-electron chi connectivity index (χ2n) is 5.20. The number of hydrogen-bond donors (Lipinski definition) is 2. The van der Waals surface area contributed by atoms with Crippen molar-refractivity contribution in [1.29, 1.82) is 0 Å². The number of carbonyl (C=O) groups excluding carboxylic acids is 1. The molecule has 7 nitrogen and oxygen atoms in total. The average Bonchev–Trinajstić information content (AvgIpc) is 3.07. The van der Waals surface area contributed by atoms with Crippen LogP contribution in [0, 0.1) is 5.92 Å². The molecule has 2 heterocycles. The predicted octanol–water partition coefficient (Wildman–Crippen LogP) is 0.925. The minimum atomic E-state index is -0.238. The number of tetrazole rings is 1. The fourth-order valence-electron chi connectivity index (χ4n) is 1.96. The fourth-order valence-corrected chi connectivity index (χ4v) is 2.61. The normalized spacial score (nSPS) is 12.6. The number of aliphatic hydroxyl groups is 1. The first-order chi connectivity index (χ1) is 10.1. The van der Waals surface area contributed by atoms with E-state index in [1.165, 1.54) is 16.1 Å². The molecule has 0 saturated heterocycles. The minimum Gasteiger partial charge on any atom is -0.394 e. The van der Waals surface area contributed by atoms with Crippen LogP contribution in [0.3, 0.4) is 0 Å². The summed E-state index contributed by atoms with van der Waals surface area (Å²) in [5, 5.41) is 25.9. The van der Waals surface area contributed by atoms with Gasteiger partial charge in [0, 0.05) is 0 Å². The molecule has 0 fully saturated rings. The van der Waals surface area contributed by atoms with E-state index < -0.39 is 0 Å². The second kappa shape index (κ2) is 7.28. The molecular weight excluding hydrogens is 290 g/mol. The smallest absolute Gasteiger partial charge is 0.243 e. The van der Waals surface area contributed by atoms with E-state index in [-0.39, 0.29) is 25.1 Å². The maximum atomic E-state index is 11.9. The van der Waals surface area contributed by atoms with Crippen LogP contribution in [0.2, 0.25) is 0 Å². The van der Waals surface area contributed by atoms with E-state index in [0.29, 0.717) is 11.7 Å². The van der Waals surface area contributed by atoms with Crippen molar-refractivity contribution in [1.82, 2.24) is 25.5 Å². The molecule has 0 aromatic carbocycles. The number of aromatic nitrogens is 4. The third kappa shape index (κ3) is 4.61. The first-order valence-corrected chi connectivity index (χ1v) is 7.68. The number of nitrogens with zero attached hydrogens (tertiary/aromatic N) is 4. The van der Waals surface area contributed by atoms with Gasteiger partial charge in [-0.3, -0.25) is 4.79 Å². The molecule has 0 saturated carbocycles. The topological polar surface area (TPSA) is 92.9 Å². The van der Waals surface area contributed by atoms with Crippen LogP contribution in [0.4, 0.5) is 0 Å². The van der Waals surface area contributed by atoms with Crippen molar-refractivity contribution in [3.05, 3.63) is 17.5 Å². The third-order valence-electron chi connectivity index (χ3n) is 2.82. The van der Waals surface area contributed by atoms with E-state index in [0.717, 1.165) is 11.3 Å². The van der Waals surface area contributed by atoms with Crippen LogP contribution in [0.5, 0.6) is 0 Å². The highest BCUT2D eigenvalue weighted by atomic mass is 32.1. The van der Waals surface area contributed by atoms with Crippen LogP contribution in [0.25, 0.3) is 10.7 Å². The van der Waals surface area contributed by atoms with Crippen LogP contribution in [-0.4, -0.2) is 43.9 Å². The number of hydrogen-bond acceptors (Lipinski definition) is 6. The van der Waals surface area contributed by atoms with Gasteiger partial charge in [-0.2, -0.15) is 4.80 Å². The van der Waals surface area contributed by atoms with E-state index in [1.807, 2.05) is 31.4 Å². The Hall–Kier alpha value is -1.80. The van der Waals surface area contributed by atoms with Gasteiger partial charge in [0.15, 0.2) is 0 Å². The quantitative estimate of drug-likeness (QED) is 0.793. The lowest BCUT2D eigenvalue weighted by atomic mass is 10.0. The molecule has 2 aromatic rings. The van der Waals surface area contributed by atoms with Crippen molar-refractivity contribution >= 4 is 17.2 Å². The average molecular weight is 309 g/mol. The maximum absolute atomic E-state index is 11.9. The molecule has 0 aliphatic heterocycles. The first kappa shape index (κ1) is 15.6. The molecule has 2 rings (SSSR count). The van der Waals surface area contributed by atoms with E-state index in [9.17, 15) is 9.90 Å². The maximum Gasteiger partial charge on any atom is 0.243 e. The van der Waals surface area contributed by atoms with Crippen molar-refractivity contribution in [2.45, 2.75) is 32.9 Å². The van der Waals surface area contributed by atoms with Gasteiger partial charge in [-0.1, -0.05) is 19.9 Å². The monoisotopic (exact) mass is 309 g/mol. The Bertz CT molecular complexity index is 567. The Kier molecular flexibility index (Phi) is 5.40. The van der Waals surface area contributed by atoms with Crippen LogP contribution in [0.15, 0.2) is 17.5 Å². The lowest BCUT2D eigenvalue weighted by molar-refractivity contribution is -0.123. The van der Waals surface area contributed by atoms with E-state index >= 15 is 0 Å². The lowest BCUT2D eigenvalue weighted by Gasteiger charge is -2.17. The standard InChI is InChI=1S/C13H19N5O2S/c1-9(2)6-10(8-19)14-12(20)7-18-16-13(15-17-18)11-4-3-5-21-11/h3-5,9-10,19H,6-8H2,1-2H3,(H,14,20). The molecule has 2 N–H and O–H groups in total. The molecule has 0 aliphatic carbocycles. The zero-order valence-electron chi connectivity index (χ0n) is 12.1. The van der Waals surface area contributed by atoms with E-state index in [1.54, 1.807) is 0 Å². The SMILES string of the molecule is CC(C)CC(CO)NC(=O)Cn1nnc(-c2cccs2)n1. The number of thiophene rings is 1. The van der Waals surface area contributed by atoms with Crippen LogP contribution in [0.1, 0.15) is 20.3 Å². The predicted molar refractivity (Wildman–Crippen MR) is 79.6 cm³/mol. The highest BCUT2D eigenvalue weighted by Crippen LogP contribution is 2.19. The first-order valence-electron chi connectivity index (χ1n) is 6.80. The molecule has 8 heteroatoms. The minimum absolute atomic E-state index is 0.00697. The molecule has 1 amide bonds. The molecule has 0 bridgehead atoms. The van der Waals surface area contributed by atoms with Crippen LogP contribution >= 0.6 is 11.3 Å². The third-order valence-corrected chi connectivity index (χ3v) is 3.69. The number of aliphatic hydroxyl groups excluding tert-OH is 1. The Labute approximate surface area is 127 Å². The van der Waals surface area contributed by atoms with Gasteiger partial charge in [0.05, 0.1) is 17.5 Å². The fraction of sp³-hybridized carbons (Fsp3) is 0.538. The zero-order valence-corrected chi connectivity index (χ0v) is 12.9. The number of carbonyl (C=O) groups is 1. The summed E-state index contributed by atoms with van der Waals surface area (Å²) >= 11 is 1.52. The lowest BCUT2D eigenvalue weighted by Crippen LogP contribution is -2.40. The summed E-state index contributed by atoms with van der Waals surface area (Å²) in [6, 6.07) is 3.57. The Morgan fingerprint density at radius 3 is 2.95 bits per heavy atom. The highest BCUT2D eigenvalue weighted by Gasteiger charge is 2.15. The largest absolute Gasteiger partial charge is 0.394 e. The number of amides is 1. The molecule has 114 valence electrons. The van der Waals surface area contributed by atoms with E-state index in [2.05, 4.69) is 20.7 Å². The number of rotatable bonds is 7. The van der Waals surface area contributed by atoms with Crippen molar-refractivity contribution in [2.75, 3.05) is 6.61 Å². The summed E-state index contributed by atoms with van der Waals surface area (Å²) in [7, 11) is 0. The van der Waals surface area contributed by atoms with Crippen molar-refractivity contribution in [2.24, 2.45) is 5.92 Å². The van der Waals surface area contributed by atoms with Gasteiger partial charge >= 0.3 is 0 Å². The molecule has 2 aromatic heterocycles. The van der Waals surface area contributed by atoms with Crippen LogP contribution < -0.4 is 5.32 Å². The number of nitrogens with one attached hydrogen (secondary N) is 1. The highest BCUT2D eigenvalue weighted by molar-refractivity contribution is 7.13. The Morgan fingerprint density at radius 1 is 1.52 bits per heavy atom. The van der Waals surface area contributed by atoms with Gasteiger partial charge < -0.3 is 10.4 Å². The molecule has 21 heavy (non-hydrogen) atoms. The van der Waals surface area contributed by atoms with Gasteiger partial charge in [0.1, 0.15) is 6.54 Å². The molecular formula is C13H19N5O2S. The summed E-state index contributed by atoms with van der Waals surface area (Å²) < 4.78 is 0. The second-order valence-corrected chi connectivity index (χ2v) is 6.15. The molecule has 0 spiro atoms. The summed E-state index contributed by atoms with van der Waals surface area (Å²) in [5.41, 5.74) is 0. The van der Waals surface area contributed by atoms with E-state index in [4.69, 9.17) is 0 Å². The van der Waals surface area contributed by atoms with Gasteiger partial charge in [-0.05, 0) is 29.0 Å². The summed E-state index contributed by atoms with van der Waals surface area (Å²) in [5.74, 6) is 0.681. The van der Waals surface area contributed by atoms with Gasteiger partial charge in [-0.15, -0.1) is 21.5 Å². The Morgan fingerprint density at radius 2 is 2.33 bits per heavy atom. The van der Waals surface area contributed by atoms with Gasteiger partial charge in [0.25, 0.3) is 0 Å². The molecule has 0 radical (unpaired) electrons. The zero-order chi connectivity index (χ0) is 15.2. The Balaban J connectivity index is 1.91. The van der Waals surface area contributed by atoms with Crippen molar-refractivity contribution in [3.63, 3.8) is 0 Å². The van der Waals surface area contributed by atoms with Gasteiger partial charge in [0.2, 0.25) is 11.7 Å². The molecule has 1 unspecified atom stereocenters. The van der Waals surface area contributed by atoms with Crippen LogP contribution in [-0.2, 0) is 11.3 Å². The summed E-state index contributed by atoms with van der Waals surface area (Å²) in [4.78, 5) is 14.1. The molecule has 1 atom stereocenters. The van der Waals surface area contributed by atoms with Crippen molar-refractivity contribution < 1.29 is 9.90 Å². The van der Waals surface area contributed by atoms with Crippen molar-refractivity contribution in [3.8, 4) is 10.7 Å².